The molecule has 1 fully saturated rings. The number of pyridine rings is 1. The van der Waals surface area contributed by atoms with Gasteiger partial charge in [0.2, 0.25) is 0 Å². The largest absolute Gasteiger partial charge is 0.378 e. The van der Waals surface area contributed by atoms with E-state index in [0.717, 1.165) is 48.5 Å². The third-order valence-corrected chi connectivity index (χ3v) is 4.82. The number of fused-ring (bicyclic) bond motifs is 1. The van der Waals surface area contributed by atoms with E-state index in [1.54, 1.807) is 10.5 Å². The molecule has 1 aromatic carbocycles. The Labute approximate surface area is 152 Å². The quantitative estimate of drug-likeness (QED) is 0.726. The molecule has 0 N–H and O–H groups in total. The van der Waals surface area contributed by atoms with Crippen LogP contribution in [0.3, 0.4) is 0 Å². The number of aryl methyl sites for hydroxylation is 3. The summed E-state index contributed by atoms with van der Waals surface area (Å²) in [6, 6.07) is 14.2. The standard InChI is InChI=1S/C21H23N3O2/c1-16-13-18(8-7-17-5-3-2-4-6-17)21-22-19(14-20(25)24(21)15-16)23-9-11-26-12-10-23/h2-6,13-15H,7-12H2,1H3. The lowest BCUT2D eigenvalue weighted by atomic mass is 10.0. The van der Waals surface area contributed by atoms with Crippen LogP contribution in [0.1, 0.15) is 16.7 Å². The number of hydrogen-bond acceptors (Lipinski definition) is 4. The van der Waals surface area contributed by atoms with E-state index in [-0.39, 0.29) is 5.56 Å². The predicted octanol–water partition coefficient (Wildman–Crippen LogP) is 2.62. The second kappa shape index (κ2) is 7.30. The second-order valence-electron chi connectivity index (χ2n) is 6.77. The fourth-order valence-electron chi connectivity index (χ4n) is 3.47. The van der Waals surface area contributed by atoms with Gasteiger partial charge in [0.05, 0.1) is 13.2 Å². The number of anilines is 1. The van der Waals surface area contributed by atoms with Crippen LogP contribution >= 0.6 is 0 Å². The summed E-state index contributed by atoms with van der Waals surface area (Å²) >= 11 is 0. The van der Waals surface area contributed by atoms with E-state index in [1.807, 2.05) is 19.2 Å². The highest BCUT2D eigenvalue weighted by Gasteiger charge is 2.15. The maximum absolute atomic E-state index is 12.7. The molecule has 1 saturated heterocycles. The molecule has 1 aliphatic rings. The van der Waals surface area contributed by atoms with Crippen molar-refractivity contribution < 1.29 is 4.74 Å². The monoisotopic (exact) mass is 349 g/mol. The zero-order valence-electron chi connectivity index (χ0n) is 15.0. The van der Waals surface area contributed by atoms with Crippen LogP contribution in [0.2, 0.25) is 0 Å². The molecule has 26 heavy (non-hydrogen) atoms. The van der Waals surface area contributed by atoms with Crippen LogP contribution in [0.5, 0.6) is 0 Å². The van der Waals surface area contributed by atoms with Gasteiger partial charge in [0, 0.05) is 25.4 Å². The van der Waals surface area contributed by atoms with Crippen LogP contribution in [0.15, 0.2) is 53.5 Å². The lowest BCUT2D eigenvalue weighted by Crippen LogP contribution is -2.37. The van der Waals surface area contributed by atoms with Gasteiger partial charge in [-0.25, -0.2) is 4.98 Å². The fourth-order valence-corrected chi connectivity index (χ4v) is 3.47. The van der Waals surface area contributed by atoms with Crippen molar-refractivity contribution in [3.63, 3.8) is 0 Å². The minimum absolute atomic E-state index is 0.0267. The van der Waals surface area contributed by atoms with Crippen LogP contribution in [-0.2, 0) is 17.6 Å². The molecule has 2 aromatic heterocycles. The summed E-state index contributed by atoms with van der Waals surface area (Å²) in [5, 5.41) is 0. The van der Waals surface area contributed by atoms with E-state index < -0.39 is 0 Å². The zero-order chi connectivity index (χ0) is 17.9. The number of hydrogen-bond donors (Lipinski definition) is 0. The molecular weight excluding hydrogens is 326 g/mol. The van der Waals surface area contributed by atoms with Gasteiger partial charge < -0.3 is 9.64 Å². The molecule has 0 bridgehead atoms. The molecule has 0 unspecified atom stereocenters. The summed E-state index contributed by atoms with van der Waals surface area (Å²) in [7, 11) is 0. The van der Waals surface area contributed by atoms with Gasteiger partial charge >= 0.3 is 0 Å². The molecule has 4 rings (SSSR count). The number of aromatic nitrogens is 2. The summed E-state index contributed by atoms with van der Waals surface area (Å²) in [5.41, 5.74) is 4.21. The van der Waals surface area contributed by atoms with E-state index in [4.69, 9.17) is 9.72 Å². The predicted molar refractivity (Wildman–Crippen MR) is 103 cm³/mol. The molecule has 5 nitrogen and oxygen atoms in total. The topological polar surface area (TPSA) is 46.8 Å². The Kier molecular flexibility index (Phi) is 4.71. The maximum atomic E-state index is 12.7. The van der Waals surface area contributed by atoms with Crippen molar-refractivity contribution in [2.45, 2.75) is 19.8 Å². The van der Waals surface area contributed by atoms with Crippen molar-refractivity contribution in [3.8, 4) is 0 Å². The molecule has 0 radical (unpaired) electrons. The van der Waals surface area contributed by atoms with Gasteiger partial charge in [-0.2, -0.15) is 0 Å². The van der Waals surface area contributed by atoms with Crippen LogP contribution in [0, 0.1) is 6.92 Å². The van der Waals surface area contributed by atoms with Crippen molar-refractivity contribution in [2.75, 3.05) is 31.2 Å². The summed E-state index contributed by atoms with van der Waals surface area (Å²) in [6.45, 7) is 4.92. The summed E-state index contributed by atoms with van der Waals surface area (Å²) in [4.78, 5) is 19.7. The van der Waals surface area contributed by atoms with Crippen LogP contribution in [0.4, 0.5) is 5.82 Å². The summed E-state index contributed by atoms with van der Waals surface area (Å²) in [6.07, 6.45) is 3.66. The first-order valence-electron chi connectivity index (χ1n) is 9.10. The van der Waals surface area contributed by atoms with Gasteiger partial charge in [0.1, 0.15) is 11.5 Å². The van der Waals surface area contributed by atoms with Crippen molar-refractivity contribution >= 4 is 11.5 Å². The Bertz CT molecular complexity index is 960. The second-order valence-corrected chi connectivity index (χ2v) is 6.77. The Hall–Kier alpha value is -2.66. The van der Waals surface area contributed by atoms with E-state index in [1.165, 1.54) is 5.56 Å². The molecule has 3 heterocycles. The highest BCUT2D eigenvalue weighted by molar-refractivity contribution is 5.54. The first kappa shape index (κ1) is 16.8. The number of benzene rings is 1. The molecule has 134 valence electrons. The normalized spacial score (nSPS) is 14.7. The van der Waals surface area contributed by atoms with E-state index in [9.17, 15) is 4.79 Å². The average molecular weight is 349 g/mol. The van der Waals surface area contributed by atoms with Gasteiger partial charge in [0.25, 0.3) is 5.56 Å². The Morgan fingerprint density at radius 3 is 2.62 bits per heavy atom. The fraction of sp³-hybridized carbons (Fsp3) is 0.333. The minimum atomic E-state index is -0.0267. The molecule has 0 saturated carbocycles. The van der Waals surface area contributed by atoms with Gasteiger partial charge in [-0.1, -0.05) is 36.4 Å². The lowest BCUT2D eigenvalue weighted by molar-refractivity contribution is 0.122. The Morgan fingerprint density at radius 1 is 1.08 bits per heavy atom. The van der Waals surface area contributed by atoms with Crippen molar-refractivity contribution in [2.24, 2.45) is 0 Å². The molecule has 0 aliphatic carbocycles. The third kappa shape index (κ3) is 3.48. The molecular formula is C21H23N3O2. The van der Waals surface area contributed by atoms with E-state index >= 15 is 0 Å². The average Bonchev–Trinajstić information content (AvgIpc) is 2.68. The Morgan fingerprint density at radius 2 is 1.85 bits per heavy atom. The molecule has 1 aliphatic heterocycles. The van der Waals surface area contributed by atoms with Gasteiger partial charge in [-0.3, -0.25) is 9.20 Å². The SMILES string of the molecule is Cc1cc(CCc2ccccc2)c2nc(N3CCOCC3)cc(=O)n2c1. The molecule has 0 spiro atoms. The molecule has 0 amide bonds. The maximum Gasteiger partial charge on any atom is 0.259 e. The highest BCUT2D eigenvalue weighted by Crippen LogP contribution is 2.18. The minimum Gasteiger partial charge on any atom is -0.378 e. The van der Waals surface area contributed by atoms with Crippen LogP contribution in [-0.4, -0.2) is 35.7 Å². The number of rotatable bonds is 4. The first-order chi connectivity index (χ1) is 12.7. The highest BCUT2D eigenvalue weighted by atomic mass is 16.5. The van der Waals surface area contributed by atoms with Gasteiger partial charge in [-0.15, -0.1) is 0 Å². The lowest BCUT2D eigenvalue weighted by Gasteiger charge is -2.28. The molecule has 5 heteroatoms. The summed E-state index contributed by atoms with van der Waals surface area (Å²) in [5.74, 6) is 0.753. The van der Waals surface area contributed by atoms with E-state index in [2.05, 4.69) is 35.2 Å². The first-order valence-corrected chi connectivity index (χ1v) is 9.10. The van der Waals surface area contributed by atoms with Crippen molar-refractivity contribution in [1.29, 1.82) is 0 Å². The number of nitrogens with zero attached hydrogens (tertiary/aromatic N) is 3. The van der Waals surface area contributed by atoms with Crippen LogP contribution < -0.4 is 10.5 Å². The van der Waals surface area contributed by atoms with Crippen molar-refractivity contribution in [1.82, 2.24) is 9.38 Å². The van der Waals surface area contributed by atoms with Crippen LogP contribution in [0.25, 0.3) is 5.65 Å². The van der Waals surface area contributed by atoms with E-state index in [0.29, 0.717) is 13.2 Å². The Balaban J connectivity index is 1.73. The number of morpholine rings is 1. The van der Waals surface area contributed by atoms with Gasteiger partial charge in [-0.05, 0) is 36.5 Å². The summed E-state index contributed by atoms with van der Waals surface area (Å²) < 4.78 is 7.09. The third-order valence-electron chi connectivity index (χ3n) is 4.82. The van der Waals surface area contributed by atoms with Gasteiger partial charge in [0.15, 0.2) is 0 Å². The smallest absolute Gasteiger partial charge is 0.259 e. The molecule has 3 aromatic rings. The number of ether oxygens (including phenoxy) is 1. The van der Waals surface area contributed by atoms with Crippen molar-refractivity contribution in [3.05, 3.63) is 75.7 Å². The zero-order valence-corrected chi connectivity index (χ0v) is 15.0. The molecule has 0 atom stereocenters.